The van der Waals surface area contributed by atoms with Crippen LogP contribution in [0.25, 0.3) is 22.2 Å². The van der Waals surface area contributed by atoms with E-state index in [1.807, 2.05) is 18.2 Å². The second-order valence-corrected chi connectivity index (χ2v) is 6.78. The van der Waals surface area contributed by atoms with E-state index in [0.29, 0.717) is 36.2 Å². The third-order valence-electron chi connectivity index (χ3n) is 4.46. The Morgan fingerprint density at radius 2 is 2.19 bits per heavy atom. The number of ether oxygens (including phenoxy) is 1. The van der Waals surface area contributed by atoms with Crippen LogP contribution in [0.1, 0.15) is 5.69 Å². The number of nitrogens with zero attached hydrogens (tertiary/aromatic N) is 3. The summed E-state index contributed by atoms with van der Waals surface area (Å²) in [5.74, 6) is 0.434. The Labute approximate surface area is 160 Å². The van der Waals surface area contributed by atoms with E-state index in [-0.39, 0.29) is 6.03 Å². The van der Waals surface area contributed by atoms with Gasteiger partial charge in [-0.1, -0.05) is 11.6 Å². The fourth-order valence-corrected chi connectivity index (χ4v) is 3.24. The normalized spacial score (nSPS) is 14.3. The number of aromatic amines is 1. The van der Waals surface area contributed by atoms with Crippen molar-refractivity contribution in [3.05, 3.63) is 41.3 Å². The number of aliphatic hydroxyl groups excluding tert-OH is 1. The molecule has 1 aromatic carbocycles. The number of hydrogen-bond acceptors (Lipinski definition) is 5. The maximum atomic E-state index is 11.9. The van der Waals surface area contributed by atoms with E-state index in [9.17, 15) is 9.90 Å². The minimum absolute atomic E-state index is 0.189. The second kappa shape index (κ2) is 7.05. The van der Waals surface area contributed by atoms with Crippen molar-refractivity contribution in [3.63, 3.8) is 0 Å². The van der Waals surface area contributed by atoms with Gasteiger partial charge in [0.25, 0.3) is 0 Å². The highest BCUT2D eigenvalue weighted by Crippen LogP contribution is 2.31. The highest BCUT2D eigenvalue weighted by Gasteiger charge is 2.28. The zero-order valence-corrected chi connectivity index (χ0v) is 15.3. The van der Waals surface area contributed by atoms with Gasteiger partial charge in [0.2, 0.25) is 5.88 Å². The number of carbonyl (C=O) groups excluding carboxylic acids is 1. The minimum atomic E-state index is -0.412. The number of amides is 2. The van der Waals surface area contributed by atoms with Crippen LogP contribution < -0.4 is 10.1 Å². The maximum absolute atomic E-state index is 11.9. The number of aliphatic hydroxyl groups is 1. The lowest BCUT2D eigenvalue weighted by Crippen LogP contribution is -2.56. The van der Waals surface area contributed by atoms with Gasteiger partial charge in [0.15, 0.2) is 0 Å². The predicted molar refractivity (Wildman–Crippen MR) is 101 cm³/mol. The number of likely N-dealkylation sites (tertiary alicyclic amines) is 1. The van der Waals surface area contributed by atoms with Gasteiger partial charge >= 0.3 is 6.03 Å². The number of rotatable bonds is 4. The third kappa shape index (κ3) is 3.54. The summed E-state index contributed by atoms with van der Waals surface area (Å²) in [4.78, 5) is 25.3. The number of fused-ring (bicyclic) bond motifs is 1. The predicted octanol–water partition coefficient (Wildman–Crippen LogP) is 2.17. The monoisotopic (exact) mass is 387 g/mol. The van der Waals surface area contributed by atoms with E-state index in [1.165, 1.54) is 13.3 Å². The smallest absolute Gasteiger partial charge is 0.317 e. The number of halogens is 1. The number of hydrogen-bond donors (Lipinski definition) is 3. The van der Waals surface area contributed by atoms with Crippen LogP contribution in [0.2, 0.25) is 5.02 Å². The average Bonchev–Trinajstić information content (AvgIpc) is 3.04. The summed E-state index contributed by atoms with van der Waals surface area (Å²) >= 11 is 6.42. The summed E-state index contributed by atoms with van der Waals surface area (Å²) in [5, 5.41) is 13.6. The third-order valence-corrected chi connectivity index (χ3v) is 4.77. The number of β-amino-alcohol motifs (C(OH)–C–C–N with tert-alkyl or cyclic N) is 1. The molecular weight excluding hydrogens is 370 g/mol. The molecule has 9 heteroatoms. The molecule has 2 aromatic heterocycles. The first-order valence-corrected chi connectivity index (χ1v) is 8.79. The molecule has 0 radical (unpaired) electrons. The van der Waals surface area contributed by atoms with Crippen LogP contribution in [0.3, 0.4) is 0 Å². The van der Waals surface area contributed by atoms with Crippen LogP contribution in [0.15, 0.2) is 30.6 Å². The first-order valence-electron chi connectivity index (χ1n) is 8.42. The van der Waals surface area contributed by atoms with Crippen molar-refractivity contribution >= 4 is 28.5 Å². The van der Waals surface area contributed by atoms with E-state index >= 15 is 0 Å². The van der Waals surface area contributed by atoms with Crippen LogP contribution in [0.5, 0.6) is 5.88 Å². The molecular formula is C18H18ClN5O3. The van der Waals surface area contributed by atoms with Crippen molar-refractivity contribution in [3.8, 4) is 17.1 Å². The Kier molecular flexibility index (Phi) is 4.59. The van der Waals surface area contributed by atoms with E-state index < -0.39 is 6.10 Å². The molecule has 3 N–H and O–H groups in total. The Morgan fingerprint density at radius 3 is 2.85 bits per heavy atom. The number of urea groups is 1. The zero-order chi connectivity index (χ0) is 19.0. The molecule has 0 aliphatic carbocycles. The standard InChI is InChI=1S/C18H18ClN5O3/c1-27-17-7-20-16(6-21-17)13-4-15-10(3-14(13)19)2-11(23-15)5-22-18(26)24-8-12(25)9-24/h2-4,6-7,12,23,25H,5,8-9H2,1H3,(H,22,26). The topological polar surface area (TPSA) is 103 Å². The lowest BCUT2D eigenvalue weighted by Gasteiger charge is -2.35. The molecule has 0 spiro atoms. The highest BCUT2D eigenvalue weighted by atomic mass is 35.5. The van der Waals surface area contributed by atoms with Gasteiger partial charge in [0.1, 0.15) is 0 Å². The van der Waals surface area contributed by atoms with Gasteiger partial charge in [-0.2, -0.15) is 0 Å². The Balaban J connectivity index is 1.52. The number of benzene rings is 1. The minimum Gasteiger partial charge on any atom is -0.480 e. The second-order valence-electron chi connectivity index (χ2n) is 6.38. The molecule has 2 amide bonds. The van der Waals surface area contributed by atoms with Crippen molar-refractivity contribution in [2.75, 3.05) is 20.2 Å². The van der Waals surface area contributed by atoms with Gasteiger partial charge in [-0.3, -0.25) is 0 Å². The van der Waals surface area contributed by atoms with Crippen molar-refractivity contribution in [1.29, 1.82) is 0 Å². The van der Waals surface area contributed by atoms with Crippen molar-refractivity contribution in [2.24, 2.45) is 0 Å². The fourth-order valence-electron chi connectivity index (χ4n) is 2.97. The molecule has 0 bridgehead atoms. The summed E-state index contributed by atoms with van der Waals surface area (Å²) < 4.78 is 5.03. The average molecular weight is 388 g/mol. The van der Waals surface area contributed by atoms with Gasteiger partial charge in [0, 0.05) is 22.2 Å². The molecule has 1 aliphatic heterocycles. The molecule has 0 saturated carbocycles. The summed E-state index contributed by atoms with van der Waals surface area (Å²) in [7, 11) is 1.53. The molecule has 1 saturated heterocycles. The molecule has 27 heavy (non-hydrogen) atoms. The van der Waals surface area contributed by atoms with Crippen LogP contribution in [0, 0.1) is 0 Å². The van der Waals surface area contributed by atoms with Gasteiger partial charge in [-0.15, -0.1) is 0 Å². The quantitative estimate of drug-likeness (QED) is 0.636. The number of methoxy groups -OCH3 is 1. The SMILES string of the molecule is COc1cnc(-c2cc3[nH]c(CNC(=O)N4CC(O)C4)cc3cc2Cl)cn1. The van der Waals surface area contributed by atoms with Gasteiger partial charge in [0.05, 0.1) is 56.0 Å². The molecule has 8 nitrogen and oxygen atoms in total. The van der Waals surface area contributed by atoms with Crippen LogP contribution in [-0.2, 0) is 6.54 Å². The number of H-pyrrole nitrogens is 1. The summed E-state index contributed by atoms with van der Waals surface area (Å²) in [6.45, 7) is 1.11. The molecule has 0 atom stereocenters. The zero-order valence-electron chi connectivity index (χ0n) is 14.6. The maximum Gasteiger partial charge on any atom is 0.317 e. The lowest BCUT2D eigenvalue weighted by atomic mass is 10.1. The van der Waals surface area contributed by atoms with Gasteiger partial charge in [-0.05, 0) is 18.2 Å². The van der Waals surface area contributed by atoms with Crippen molar-refractivity contribution < 1.29 is 14.6 Å². The van der Waals surface area contributed by atoms with Gasteiger partial charge in [-0.25, -0.2) is 14.8 Å². The molecule has 4 rings (SSSR count). The first-order chi connectivity index (χ1) is 13.0. The Hall–Kier alpha value is -2.84. The Bertz CT molecular complexity index is 983. The van der Waals surface area contributed by atoms with E-state index in [0.717, 1.165) is 22.2 Å². The van der Waals surface area contributed by atoms with Gasteiger partial charge < -0.3 is 25.0 Å². The fraction of sp³-hybridized carbons (Fsp3) is 0.278. The number of carbonyl (C=O) groups is 1. The molecule has 3 heterocycles. The number of aromatic nitrogens is 3. The lowest BCUT2D eigenvalue weighted by molar-refractivity contribution is 0.0265. The largest absolute Gasteiger partial charge is 0.480 e. The summed E-state index contributed by atoms with van der Waals surface area (Å²) in [6, 6.07) is 5.51. The number of nitrogens with one attached hydrogen (secondary N) is 2. The van der Waals surface area contributed by atoms with E-state index in [2.05, 4.69) is 20.3 Å². The van der Waals surface area contributed by atoms with E-state index in [1.54, 1.807) is 11.1 Å². The molecule has 1 aliphatic rings. The van der Waals surface area contributed by atoms with E-state index in [4.69, 9.17) is 16.3 Å². The van der Waals surface area contributed by atoms with Crippen LogP contribution in [0.4, 0.5) is 4.79 Å². The molecule has 140 valence electrons. The molecule has 3 aromatic rings. The molecule has 0 unspecified atom stereocenters. The summed E-state index contributed by atoms with van der Waals surface area (Å²) in [6.07, 6.45) is 2.74. The Morgan fingerprint density at radius 1 is 1.37 bits per heavy atom. The van der Waals surface area contributed by atoms with Crippen molar-refractivity contribution in [2.45, 2.75) is 12.6 Å². The van der Waals surface area contributed by atoms with Crippen molar-refractivity contribution in [1.82, 2.24) is 25.2 Å². The summed E-state index contributed by atoms with van der Waals surface area (Å²) in [5.41, 5.74) is 3.14. The first kappa shape index (κ1) is 17.6. The highest BCUT2D eigenvalue weighted by molar-refractivity contribution is 6.34. The molecule has 1 fully saturated rings. The van der Waals surface area contributed by atoms with Crippen LogP contribution >= 0.6 is 11.6 Å². The van der Waals surface area contributed by atoms with Crippen LogP contribution in [-0.4, -0.2) is 57.3 Å².